The summed E-state index contributed by atoms with van der Waals surface area (Å²) in [6, 6.07) is 5.89. The predicted octanol–water partition coefficient (Wildman–Crippen LogP) is 2.38. The Labute approximate surface area is 99.5 Å². The zero-order chi connectivity index (χ0) is 12.8. The number of nitro groups is 1. The quantitative estimate of drug-likeness (QED) is 0.562. The number of Topliss-reactive ketones (excluding diaryl/α,β-unsaturated/α-hetero) is 1. The van der Waals surface area contributed by atoms with Gasteiger partial charge in [-0.2, -0.15) is 0 Å². The van der Waals surface area contributed by atoms with Crippen LogP contribution in [0.2, 0.25) is 0 Å². The van der Waals surface area contributed by atoms with Crippen LogP contribution in [0.4, 0.5) is 0 Å². The van der Waals surface area contributed by atoms with Gasteiger partial charge in [-0.3, -0.25) is 10.1 Å². The Morgan fingerprint density at radius 1 is 1.53 bits per heavy atom. The predicted molar refractivity (Wildman–Crippen MR) is 62.6 cm³/mol. The van der Waals surface area contributed by atoms with E-state index in [2.05, 4.69) is 0 Å². The van der Waals surface area contributed by atoms with Crippen LogP contribution in [0.1, 0.15) is 31.4 Å². The number of carbonyl (C=O) groups is 1. The molecule has 1 aromatic rings. The van der Waals surface area contributed by atoms with Crippen LogP contribution in [0.15, 0.2) is 24.3 Å². The van der Waals surface area contributed by atoms with Crippen molar-refractivity contribution in [2.24, 2.45) is 0 Å². The van der Waals surface area contributed by atoms with Crippen LogP contribution in [0, 0.1) is 10.1 Å². The van der Waals surface area contributed by atoms with Gasteiger partial charge in [0, 0.05) is 23.3 Å². The lowest BCUT2D eigenvalue weighted by Crippen LogP contribution is -2.12. The molecule has 0 heterocycles. The number of benzene rings is 1. The first-order chi connectivity index (χ1) is 8.04. The summed E-state index contributed by atoms with van der Waals surface area (Å²) in [7, 11) is 1.51. The minimum absolute atomic E-state index is 0.0419. The largest absolute Gasteiger partial charge is 0.497 e. The van der Waals surface area contributed by atoms with E-state index in [0.29, 0.717) is 11.3 Å². The van der Waals surface area contributed by atoms with Crippen molar-refractivity contribution in [3.8, 4) is 5.75 Å². The second-order valence-electron chi connectivity index (χ2n) is 3.82. The van der Waals surface area contributed by atoms with Crippen LogP contribution in [-0.4, -0.2) is 17.8 Å². The van der Waals surface area contributed by atoms with E-state index >= 15 is 0 Å². The molecule has 1 aromatic carbocycles. The van der Waals surface area contributed by atoms with Crippen molar-refractivity contribution in [1.82, 2.24) is 0 Å². The Kier molecular flexibility index (Phi) is 4.63. The highest BCUT2D eigenvalue weighted by molar-refractivity contribution is 5.75. The fourth-order valence-corrected chi connectivity index (χ4v) is 1.58. The lowest BCUT2D eigenvalue weighted by atomic mass is 10.0. The standard InChI is InChI=1S/C12H15NO4/c1-9(14)6-7-12(13(15)16)10-4-3-5-11(8-10)17-2/h3-5,8,12H,6-7H2,1-2H3. The summed E-state index contributed by atoms with van der Waals surface area (Å²) in [6.07, 6.45) is 0.429. The highest BCUT2D eigenvalue weighted by Crippen LogP contribution is 2.25. The van der Waals surface area contributed by atoms with Crippen molar-refractivity contribution in [2.75, 3.05) is 7.11 Å². The topological polar surface area (TPSA) is 69.4 Å². The lowest BCUT2D eigenvalue weighted by molar-refractivity contribution is -0.529. The molecule has 0 aliphatic heterocycles. The summed E-state index contributed by atoms with van der Waals surface area (Å²) in [4.78, 5) is 21.5. The van der Waals surface area contributed by atoms with Gasteiger partial charge in [0.15, 0.2) is 0 Å². The monoisotopic (exact) mass is 237 g/mol. The minimum atomic E-state index is -0.853. The summed E-state index contributed by atoms with van der Waals surface area (Å²) in [5.41, 5.74) is 0.565. The molecule has 0 aliphatic carbocycles. The van der Waals surface area contributed by atoms with Gasteiger partial charge < -0.3 is 9.53 Å². The molecule has 0 saturated heterocycles. The van der Waals surface area contributed by atoms with Gasteiger partial charge in [-0.25, -0.2) is 0 Å². The second-order valence-corrected chi connectivity index (χ2v) is 3.82. The molecule has 5 heteroatoms. The lowest BCUT2D eigenvalue weighted by Gasteiger charge is -2.10. The summed E-state index contributed by atoms with van der Waals surface area (Å²) in [5, 5.41) is 11.0. The number of carbonyl (C=O) groups excluding carboxylic acids is 1. The Morgan fingerprint density at radius 2 is 2.24 bits per heavy atom. The number of hydrogen-bond acceptors (Lipinski definition) is 4. The van der Waals surface area contributed by atoms with E-state index in [-0.39, 0.29) is 23.5 Å². The van der Waals surface area contributed by atoms with E-state index in [0.717, 1.165) is 0 Å². The van der Waals surface area contributed by atoms with Crippen molar-refractivity contribution >= 4 is 5.78 Å². The molecule has 92 valence electrons. The summed E-state index contributed by atoms with van der Waals surface area (Å²) < 4.78 is 5.02. The van der Waals surface area contributed by atoms with Gasteiger partial charge in [0.2, 0.25) is 6.04 Å². The van der Waals surface area contributed by atoms with E-state index in [9.17, 15) is 14.9 Å². The first kappa shape index (κ1) is 13.2. The normalized spacial score (nSPS) is 11.9. The fraction of sp³-hybridized carbons (Fsp3) is 0.417. The zero-order valence-electron chi connectivity index (χ0n) is 9.88. The third-order valence-electron chi connectivity index (χ3n) is 2.50. The molecule has 1 rings (SSSR count). The molecular formula is C12H15NO4. The second kappa shape index (κ2) is 5.98. The first-order valence-electron chi connectivity index (χ1n) is 5.31. The van der Waals surface area contributed by atoms with Gasteiger partial charge in [-0.05, 0) is 19.1 Å². The number of hydrogen-bond donors (Lipinski definition) is 0. The van der Waals surface area contributed by atoms with Crippen LogP contribution in [0.3, 0.4) is 0 Å². The molecule has 17 heavy (non-hydrogen) atoms. The Morgan fingerprint density at radius 3 is 2.76 bits per heavy atom. The molecule has 1 unspecified atom stereocenters. The van der Waals surface area contributed by atoms with Crippen LogP contribution in [0.25, 0.3) is 0 Å². The highest BCUT2D eigenvalue weighted by atomic mass is 16.6. The Balaban J connectivity index is 2.88. The molecule has 5 nitrogen and oxygen atoms in total. The smallest absolute Gasteiger partial charge is 0.238 e. The van der Waals surface area contributed by atoms with Gasteiger partial charge in [0.25, 0.3) is 0 Å². The summed E-state index contributed by atoms with van der Waals surface area (Å²) in [6.45, 7) is 1.43. The van der Waals surface area contributed by atoms with Crippen LogP contribution < -0.4 is 4.74 Å². The molecule has 0 spiro atoms. The Hall–Kier alpha value is -1.91. The zero-order valence-corrected chi connectivity index (χ0v) is 9.88. The average molecular weight is 237 g/mol. The van der Waals surface area contributed by atoms with E-state index in [1.165, 1.54) is 14.0 Å². The van der Waals surface area contributed by atoms with E-state index < -0.39 is 6.04 Å². The molecular weight excluding hydrogens is 222 g/mol. The van der Waals surface area contributed by atoms with Gasteiger partial charge in [0.1, 0.15) is 11.5 Å². The van der Waals surface area contributed by atoms with E-state index in [4.69, 9.17) is 4.74 Å². The van der Waals surface area contributed by atoms with Crippen LogP contribution >= 0.6 is 0 Å². The number of methoxy groups -OCH3 is 1. The molecule has 0 bridgehead atoms. The van der Waals surface area contributed by atoms with Gasteiger partial charge in [-0.15, -0.1) is 0 Å². The molecule has 1 atom stereocenters. The van der Waals surface area contributed by atoms with Gasteiger partial charge in [0.05, 0.1) is 7.11 Å². The van der Waals surface area contributed by atoms with E-state index in [1.807, 2.05) is 0 Å². The molecule has 0 aromatic heterocycles. The molecule has 0 fully saturated rings. The first-order valence-corrected chi connectivity index (χ1v) is 5.31. The van der Waals surface area contributed by atoms with E-state index in [1.54, 1.807) is 24.3 Å². The number of ketones is 1. The number of ether oxygens (including phenoxy) is 1. The average Bonchev–Trinajstić information content (AvgIpc) is 2.28. The fourth-order valence-electron chi connectivity index (χ4n) is 1.58. The van der Waals surface area contributed by atoms with Crippen LogP contribution in [0.5, 0.6) is 5.75 Å². The van der Waals surface area contributed by atoms with Crippen molar-refractivity contribution in [2.45, 2.75) is 25.8 Å². The maximum atomic E-state index is 11.0. The van der Waals surface area contributed by atoms with Crippen molar-refractivity contribution in [3.05, 3.63) is 39.9 Å². The Bertz CT molecular complexity index is 417. The molecule has 0 radical (unpaired) electrons. The third-order valence-corrected chi connectivity index (χ3v) is 2.50. The number of rotatable bonds is 6. The van der Waals surface area contributed by atoms with Gasteiger partial charge >= 0.3 is 0 Å². The maximum absolute atomic E-state index is 11.0. The summed E-state index contributed by atoms with van der Waals surface area (Å²) in [5.74, 6) is 0.539. The van der Waals surface area contributed by atoms with Crippen molar-refractivity contribution in [3.63, 3.8) is 0 Å². The van der Waals surface area contributed by atoms with Crippen molar-refractivity contribution < 1.29 is 14.5 Å². The SMILES string of the molecule is COc1cccc(C(CCC(C)=O)[N+](=O)[O-])c1. The maximum Gasteiger partial charge on any atom is 0.238 e. The van der Waals surface area contributed by atoms with Gasteiger partial charge in [-0.1, -0.05) is 12.1 Å². The molecule has 0 amide bonds. The highest BCUT2D eigenvalue weighted by Gasteiger charge is 2.23. The van der Waals surface area contributed by atoms with Crippen molar-refractivity contribution in [1.29, 1.82) is 0 Å². The molecule has 0 saturated carbocycles. The molecule has 0 N–H and O–H groups in total. The number of nitrogens with zero attached hydrogens (tertiary/aromatic N) is 1. The van der Waals surface area contributed by atoms with Crippen LogP contribution in [-0.2, 0) is 4.79 Å². The third kappa shape index (κ3) is 3.86. The minimum Gasteiger partial charge on any atom is -0.497 e. The molecule has 0 aliphatic rings. The summed E-state index contributed by atoms with van der Waals surface area (Å²) >= 11 is 0.